The van der Waals surface area contributed by atoms with E-state index in [4.69, 9.17) is 5.26 Å². The summed E-state index contributed by atoms with van der Waals surface area (Å²) in [6, 6.07) is 19.2. The summed E-state index contributed by atoms with van der Waals surface area (Å²) in [7, 11) is 0. The van der Waals surface area contributed by atoms with Crippen LogP contribution in [0, 0.1) is 17.1 Å². The number of carbonyl (C=O) groups is 3. The van der Waals surface area contributed by atoms with Crippen LogP contribution in [-0.2, 0) is 16.0 Å². The first-order valence-corrected chi connectivity index (χ1v) is 9.98. The summed E-state index contributed by atoms with van der Waals surface area (Å²) in [6.45, 7) is 0.169. The second-order valence-electron chi connectivity index (χ2n) is 7.38. The van der Waals surface area contributed by atoms with E-state index < -0.39 is 17.7 Å². The van der Waals surface area contributed by atoms with Gasteiger partial charge in [-0.15, -0.1) is 0 Å². The first-order valence-electron chi connectivity index (χ1n) is 9.98. The fourth-order valence-corrected chi connectivity index (χ4v) is 3.65. The summed E-state index contributed by atoms with van der Waals surface area (Å²) in [6.07, 6.45) is 0.289. The highest BCUT2D eigenvalue weighted by Gasteiger charge is 2.36. The Hall–Kier alpha value is -4.31. The summed E-state index contributed by atoms with van der Waals surface area (Å²) in [5.74, 6) is -2.72. The molecule has 6 nitrogen and oxygen atoms in total. The summed E-state index contributed by atoms with van der Waals surface area (Å²) in [5, 5.41) is 14.2. The number of nitrogens with zero attached hydrogens (tertiary/aromatic N) is 1. The molecule has 158 valence electrons. The second kappa shape index (κ2) is 8.82. The van der Waals surface area contributed by atoms with Gasteiger partial charge in [0.25, 0.3) is 0 Å². The lowest BCUT2D eigenvalue weighted by atomic mass is 9.94. The molecule has 1 atom stereocenters. The molecule has 0 aromatic heterocycles. The minimum Gasteiger partial charge on any atom is -0.355 e. The molecule has 4 rings (SSSR count). The van der Waals surface area contributed by atoms with E-state index in [-0.39, 0.29) is 24.6 Å². The third kappa shape index (κ3) is 4.12. The number of anilines is 1. The van der Waals surface area contributed by atoms with Crippen LogP contribution >= 0.6 is 0 Å². The van der Waals surface area contributed by atoms with Crippen molar-refractivity contribution in [1.29, 1.82) is 5.26 Å². The van der Waals surface area contributed by atoms with Crippen molar-refractivity contribution in [3.8, 4) is 6.07 Å². The number of ketones is 1. The van der Waals surface area contributed by atoms with E-state index >= 15 is 0 Å². The van der Waals surface area contributed by atoms with E-state index in [0.717, 1.165) is 0 Å². The van der Waals surface area contributed by atoms with Crippen LogP contribution in [-0.4, -0.2) is 24.1 Å². The maximum absolute atomic E-state index is 13.8. The molecule has 2 N–H and O–H groups in total. The van der Waals surface area contributed by atoms with Crippen LogP contribution in [0.15, 0.2) is 66.7 Å². The maximum atomic E-state index is 13.8. The number of hydrogen-bond donors (Lipinski definition) is 2. The van der Waals surface area contributed by atoms with Crippen molar-refractivity contribution >= 4 is 23.3 Å². The minimum absolute atomic E-state index is 0.169. The van der Waals surface area contributed by atoms with Gasteiger partial charge in [-0.05, 0) is 66.1 Å². The molecular weight excluding hydrogens is 409 g/mol. The molecule has 3 aromatic carbocycles. The maximum Gasteiger partial charge on any atom is 0.241 e. The van der Waals surface area contributed by atoms with Crippen molar-refractivity contribution in [3.05, 3.63) is 100 Å². The molecule has 1 unspecified atom stereocenters. The zero-order valence-electron chi connectivity index (χ0n) is 16.9. The van der Waals surface area contributed by atoms with Gasteiger partial charge in [-0.1, -0.05) is 18.2 Å². The summed E-state index contributed by atoms with van der Waals surface area (Å²) < 4.78 is 13.8. The molecule has 0 bridgehead atoms. The average molecular weight is 427 g/mol. The first-order chi connectivity index (χ1) is 15.5. The number of benzene rings is 3. The lowest BCUT2D eigenvalue weighted by molar-refractivity contribution is -0.128. The van der Waals surface area contributed by atoms with Gasteiger partial charge in [0.05, 0.1) is 11.6 Å². The minimum atomic E-state index is -1.10. The standard InChI is InChI=1S/C25H18FN3O3/c26-20-4-2-1-3-16(20)11-12-28-24(31)22-19-13-18(9-10-21(19)29-25(22)32)23(30)17-7-5-15(14-27)6-8-17/h1-10,13,22H,11-12H2,(H,28,31)(H,29,32). The molecule has 1 aliphatic heterocycles. The predicted octanol–water partition coefficient (Wildman–Crippen LogP) is 3.32. The van der Waals surface area contributed by atoms with Crippen LogP contribution in [0.3, 0.4) is 0 Å². The molecule has 0 spiro atoms. The molecule has 2 amide bonds. The van der Waals surface area contributed by atoms with Gasteiger partial charge in [-0.2, -0.15) is 5.26 Å². The van der Waals surface area contributed by atoms with Gasteiger partial charge in [-0.3, -0.25) is 14.4 Å². The number of carbonyl (C=O) groups excluding carboxylic acids is 3. The van der Waals surface area contributed by atoms with Crippen LogP contribution < -0.4 is 10.6 Å². The van der Waals surface area contributed by atoms with Crippen molar-refractivity contribution in [2.75, 3.05) is 11.9 Å². The predicted molar refractivity (Wildman–Crippen MR) is 116 cm³/mol. The lowest BCUT2D eigenvalue weighted by Gasteiger charge is -2.11. The number of amides is 2. The number of nitriles is 1. The molecule has 3 aromatic rings. The molecule has 1 aliphatic rings. The van der Waals surface area contributed by atoms with Gasteiger partial charge >= 0.3 is 0 Å². The lowest BCUT2D eigenvalue weighted by Crippen LogP contribution is -2.34. The average Bonchev–Trinajstić information content (AvgIpc) is 3.14. The first kappa shape index (κ1) is 20.9. The summed E-state index contributed by atoms with van der Waals surface area (Å²) in [4.78, 5) is 38.0. The molecule has 1 heterocycles. The molecule has 0 fully saturated rings. The van der Waals surface area contributed by atoms with Crippen LogP contribution in [0.25, 0.3) is 0 Å². The molecule has 0 saturated heterocycles. The van der Waals surface area contributed by atoms with E-state index in [1.807, 2.05) is 6.07 Å². The van der Waals surface area contributed by atoms with Crippen LogP contribution in [0.4, 0.5) is 10.1 Å². The van der Waals surface area contributed by atoms with Crippen molar-refractivity contribution in [3.63, 3.8) is 0 Å². The number of rotatable bonds is 6. The third-order valence-electron chi connectivity index (χ3n) is 5.33. The Kier molecular flexibility index (Phi) is 5.77. The number of nitrogens with one attached hydrogen (secondary N) is 2. The Morgan fingerprint density at radius 3 is 2.47 bits per heavy atom. The van der Waals surface area contributed by atoms with Gasteiger partial charge < -0.3 is 10.6 Å². The monoisotopic (exact) mass is 427 g/mol. The molecule has 7 heteroatoms. The van der Waals surface area contributed by atoms with Gasteiger partial charge in [0.1, 0.15) is 11.7 Å². The number of halogens is 1. The summed E-state index contributed by atoms with van der Waals surface area (Å²) in [5.41, 5.74) is 2.52. The van der Waals surface area contributed by atoms with Crippen LogP contribution in [0.2, 0.25) is 0 Å². The molecule has 32 heavy (non-hydrogen) atoms. The van der Waals surface area contributed by atoms with Gasteiger partial charge in [0, 0.05) is 23.4 Å². The van der Waals surface area contributed by atoms with E-state index in [0.29, 0.717) is 33.5 Å². The highest BCUT2D eigenvalue weighted by molar-refractivity contribution is 6.17. The van der Waals surface area contributed by atoms with E-state index in [2.05, 4.69) is 10.6 Å². The Morgan fingerprint density at radius 1 is 1.03 bits per heavy atom. The topological polar surface area (TPSA) is 99.1 Å². The van der Waals surface area contributed by atoms with Crippen molar-refractivity contribution in [2.45, 2.75) is 12.3 Å². The zero-order valence-corrected chi connectivity index (χ0v) is 16.9. The highest BCUT2D eigenvalue weighted by atomic mass is 19.1. The molecular formula is C25H18FN3O3. The second-order valence-corrected chi connectivity index (χ2v) is 7.38. The van der Waals surface area contributed by atoms with Crippen LogP contribution in [0.1, 0.15) is 38.5 Å². The van der Waals surface area contributed by atoms with E-state index in [1.165, 1.54) is 12.1 Å². The van der Waals surface area contributed by atoms with Gasteiger partial charge in [0.15, 0.2) is 5.78 Å². The normalized spacial score (nSPS) is 14.2. The Bertz CT molecular complexity index is 1260. The third-order valence-corrected chi connectivity index (χ3v) is 5.33. The molecule has 0 radical (unpaired) electrons. The van der Waals surface area contributed by atoms with Crippen molar-refractivity contribution in [1.82, 2.24) is 5.32 Å². The quantitative estimate of drug-likeness (QED) is 0.466. The van der Waals surface area contributed by atoms with Gasteiger partial charge in [-0.25, -0.2) is 4.39 Å². The van der Waals surface area contributed by atoms with Gasteiger partial charge in [0.2, 0.25) is 11.8 Å². The Morgan fingerprint density at radius 2 is 1.75 bits per heavy atom. The fourth-order valence-electron chi connectivity index (χ4n) is 3.65. The highest BCUT2D eigenvalue weighted by Crippen LogP contribution is 2.34. The molecule has 0 saturated carbocycles. The Balaban J connectivity index is 1.50. The SMILES string of the molecule is N#Cc1ccc(C(=O)c2ccc3c(c2)C(C(=O)NCCc2ccccc2F)C(=O)N3)cc1. The Labute approximate surface area is 183 Å². The van der Waals surface area contributed by atoms with E-state index in [9.17, 15) is 18.8 Å². The summed E-state index contributed by atoms with van der Waals surface area (Å²) >= 11 is 0. The van der Waals surface area contributed by atoms with E-state index in [1.54, 1.807) is 54.6 Å². The number of fused-ring (bicyclic) bond motifs is 1. The smallest absolute Gasteiger partial charge is 0.241 e. The van der Waals surface area contributed by atoms with Crippen molar-refractivity contribution < 1.29 is 18.8 Å². The zero-order chi connectivity index (χ0) is 22.7. The largest absolute Gasteiger partial charge is 0.355 e. The van der Waals surface area contributed by atoms with Crippen LogP contribution in [0.5, 0.6) is 0 Å². The number of hydrogen-bond acceptors (Lipinski definition) is 4. The fraction of sp³-hybridized carbons (Fsp3) is 0.120. The molecule has 0 aliphatic carbocycles. The van der Waals surface area contributed by atoms with Crippen molar-refractivity contribution in [2.24, 2.45) is 0 Å².